The van der Waals surface area contributed by atoms with Crippen LogP contribution in [0.15, 0.2) is 65.9 Å². The van der Waals surface area contributed by atoms with Crippen molar-refractivity contribution in [3.8, 4) is 0 Å². The number of guanidine groups is 1. The number of benzene rings is 1. The van der Waals surface area contributed by atoms with Crippen LogP contribution in [0.5, 0.6) is 0 Å². The average Bonchev–Trinajstić information content (AvgIpc) is 2.78. The number of aliphatic hydroxyl groups is 1. The van der Waals surface area contributed by atoms with Crippen LogP contribution in [-0.4, -0.2) is 71.7 Å². The predicted molar refractivity (Wildman–Crippen MR) is 119 cm³/mol. The molecule has 1 saturated heterocycles. The second-order valence-corrected chi connectivity index (χ2v) is 7.09. The molecular formula is C23H31N5O. The third-order valence-corrected chi connectivity index (χ3v) is 4.99. The highest BCUT2D eigenvalue weighted by Gasteiger charge is 2.19. The Bertz CT molecular complexity index is 770. The number of aliphatic imine (C=N–C) groups is 1. The quantitative estimate of drug-likeness (QED) is 0.559. The summed E-state index contributed by atoms with van der Waals surface area (Å²) in [6.45, 7) is 8.02. The molecule has 2 N–H and O–H groups in total. The molecule has 6 nitrogen and oxygen atoms in total. The van der Waals surface area contributed by atoms with Crippen molar-refractivity contribution >= 4 is 12.0 Å². The van der Waals surface area contributed by atoms with Gasteiger partial charge in [0.25, 0.3) is 0 Å². The van der Waals surface area contributed by atoms with Crippen molar-refractivity contribution < 1.29 is 5.11 Å². The maximum Gasteiger partial charge on any atom is 0.194 e. The third-order valence-electron chi connectivity index (χ3n) is 4.99. The van der Waals surface area contributed by atoms with Gasteiger partial charge >= 0.3 is 0 Å². The minimum atomic E-state index is -0.615. The summed E-state index contributed by atoms with van der Waals surface area (Å²) < 4.78 is 0. The van der Waals surface area contributed by atoms with Crippen LogP contribution in [0.4, 0.5) is 0 Å². The number of aromatic nitrogens is 1. The fraction of sp³-hybridized carbons (Fsp3) is 0.391. The lowest BCUT2D eigenvalue weighted by Crippen LogP contribution is -2.52. The molecule has 1 aliphatic heterocycles. The highest BCUT2D eigenvalue weighted by atomic mass is 16.3. The van der Waals surface area contributed by atoms with Crippen molar-refractivity contribution in [3.63, 3.8) is 0 Å². The molecule has 2 aromatic rings. The third kappa shape index (κ3) is 6.69. The number of nitrogens with zero attached hydrogens (tertiary/aromatic N) is 4. The van der Waals surface area contributed by atoms with E-state index in [2.05, 4.69) is 68.4 Å². The van der Waals surface area contributed by atoms with Crippen LogP contribution >= 0.6 is 0 Å². The molecule has 6 heteroatoms. The minimum absolute atomic E-state index is 0.340. The van der Waals surface area contributed by atoms with Crippen molar-refractivity contribution in [1.29, 1.82) is 0 Å². The van der Waals surface area contributed by atoms with Gasteiger partial charge in [0, 0.05) is 51.7 Å². The molecule has 0 amide bonds. The van der Waals surface area contributed by atoms with Crippen LogP contribution < -0.4 is 5.32 Å². The molecule has 0 aliphatic carbocycles. The van der Waals surface area contributed by atoms with Gasteiger partial charge in [-0.2, -0.15) is 0 Å². The molecule has 1 atom stereocenters. The molecule has 1 aromatic carbocycles. The van der Waals surface area contributed by atoms with Gasteiger partial charge in [-0.25, -0.2) is 0 Å². The van der Waals surface area contributed by atoms with Crippen LogP contribution in [0.1, 0.15) is 24.2 Å². The maximum atomic E-state index is 10.4. The zero-order valence-electron chi connectivity index (χ0n) is 17.1. The summed E-state index contributed by atoms with van der Waals surface area (Å²) in [5, 5.41) is 13.7. The SMILES string of the molecule is CCNC(=NCC(O)c1ccncc1)N1CCN(C/C=C/c2ccccc2)CC1. The van der Waals surface area contributed by atoms with E-state index in [4.69, 9.17) is 0 Å². The smallest absolute Gasteiger partial charge is 0.194 e. The first-order valence-electron chi connectivity index (χ1n) is 10.3. The van der Waals surface area contributed by atoms with Crippen molar-refractivity contribution in [2.75, 3.05) is 45.8 Å². The summed E-state index contributed by atoms with van der Waals surface area (Å²) >= 11 is 0. The Kier molecular flexibility index (Phi) is 8.22. The largest absolute Gasteiger partial charge is 0.386 e. The lowest BCUT2D eigenvalue weighted by Gasteiger charge is -2.36. The summed E-state index contributed by atoms with van der Waals surface area (Å²) in [5.41, 5.74) is 2.08. The normalized spacial score (nSPS) is 16.9. The number of piperazine rings is 1. The predicted octanol–water partition coefficient (Wildman–Crippen LogP) is 2.41. The van der Waals surface area contributed by atoms with Gasteiger partial charge in [-0.3, -0.25) is 14.9 Å². The monoisotopic (exact) mass is 393 g/mol. The van der Waals surface area contributed by atoms with Gasteiger partial charge in [0.2, 0.25) is 0 Å². The molecule has 2 heterocycles. The Morgan fingerprint density at radius 2 is 1.86 bits per heavy atom. The fourth-order valence-electron chi connectivity index (χ4n) is 3.33. The molecule has 1 unspecified atom stereocenters. The van der Waals surface area contributed by atoms with Gasteiger partial charge in [0.1, 0.15) is 0 Å². The second kappa shape index (κ2) is 11.3. The second-order valence-electron chi connectivity index (χ2n) is 7.09. The lowest BCUT2D eigenvalue weighted by molar-refractivity contribution is 0.181. The number of pyridine rings is 1. The molecule has 29 heavy (non-hydrogen) atoms. The van der Waals surface area contributed by atoms with E-state index in [1.165, 1.54) is 5.56 Å². The molecule has 0 radical (unpaired) electrons. The summed E-state index contributed by atoms with van der Waals surface area (Å²) in [6, 6.07) is 14.1. The summed E-state index contributed by atoms with van der Waals surface area (Å²) in [5.74, 6) is 0.875. The van der Waals surface area contributed by atoms with E-state index in [9.17, 15) is 5.11 Å². The molecule has 0 bridgehead atoms. The lowest BCUT2D eigenvalue weighted by atomic mass is 10.1. The van der Waals surface area contributed by atoms with Crippen LogP contribution in [-0.2, 0) is 0 Å². The highest BCUT2D eigenvalue weighted by Crippen LogP contribution is 2.12. The standard InChI is InChI=1S/C23H31N5O/c1-2-25-23(26-19-22(29)21-10-12-24-13-11-21)28-17-15-27(16-18-28)14-6-9-20-7-4-3-5-8-20/h3-13,22,29H,2,14-19H2,1H3,(H,25,26)/b9-6+. The van der Waals surface area contributed by atoms with Gasteiger partial charge < -0.3 is 15.3 Å². The molecular weight excluding hydrogens is 362 g/mol. The molecule has 0 spiro atoms. The van der Waals surface area contributed by atoms with Crippen LogP contribution in [0.25, 0.3) is 6.08 Å². The van der Waals surface area contributed by atoms with Crippen molar-refractivity contribution in [2.45, 2.75) is 13.0 Å². The van der Waals surface area contributed by atoms with Crippen LogP contribution in [0.3, 0.4) is 0 Å². The highest BCUT2D eigenvalue weighted by molar-refractivity contribution is 5.80. The number of nitrogens with one attached hydrogen (secondary N) is 1. The number of rotatable bonds is 7. The summed E-state index contributed by atoms with van der Waals surface area (Å²) in [7, 11) is 0. The van der Waals surface area contributed by atoms with Crippen molar-refractivity contribution in [2.24, 2.45) is 4.99 Å². The van der Waals surface area contributed by atoms with E-state index < -0.39 is 6.10 Å². The molecule has 3 rings (SSSR count). The molecule has 1 aromatic heterocycles. The first kappa shape index (κ1) is 21.0. The molecule has 1 fully saturated rings. The van der Waals surface area contributed by atoms with Gasteiger partial charge in [-0.1, -0.05) is 42.5 Å². The zero-order chi connectivity index (χ0) is 20.3. The Hall–Kier alpha value is -2.70. The van der Waals surface area contributed by atoms with E-state index in [1.54, 1.807) is 12.4 Å². The molecule has 1 aliphatic rings. The van der Waals surface area contributed by atoms with E-state index in [-0.39, 0.29) is 0 Å². The van der Waals surface area contributed by atoms with Gasteiger partial charge in [0.05, 0.1) is 12.6 Å². The number of hydrogen-bond donors (Lipinski definition) is 2. The van der Waals surface area contributed by atoms with Crippen LogP contribution in [0.2, 0.25) is 0 Å². The Morgan fingerprint density at radius 1 is 1.14 bits per heavy atom. The van der Waals surface area contributed by atoms with E-state index in [1.807, 2.05) is 18.2 Å². The number of hydrogen-bond acceptors (Lipinski definition) is 4. The van der Waals surface area contributed by atoms with Gasteiger partial charge in [-0.05, 0) is 30.2 Å². The number of aliphatic hydroxyl groups excluding tert-OH is 1. The van der Waals surface area contributed by atoms with E-state index >= 15 is 0 Å². The van der Waals surface area contributed by atoms with Crippen molar-refractivity contribution in [3.05, 3.63) is 72.1 Å². The van der Waals surface area contributed by atoms with E-state index in [0.29, 0.717) is 6.54 Å². The topological polar surface area (TPSA) is 64.0 Å². The van der Waals surface area contributed by atoms with Gasteiger partial charge in [-0.15, -0.1) is 0 Å². The first-order valence-corrected chi connectivity index (χ1v) is 10.3. The minimum Gasteiger partial charge on any atom is -0.386 e. The maximum absolute atomic E-state index is 10.4. The summed E-state index contributed by atoms with van der Waals surface area (Å²) in [4.78, 5) is 13.4. The van der Waals surface area contributed by atoms with Crippen LogP contribution in [0, 0.1) is 0 Å². The Labute approximate surface area is 173 Å². The zero-order valence-corrected chi connectivity index (χ0v) is 17.1. The van der Waals surface area contributed by atoms with E-state index in [0.717, 1.165) is 50.8 Å². The Balaban J connectivity index is 1.49. The fourth-order valence-corrected chi connectivity index (χ4v) is 3.33. The Morgan fingerprint density at radius 3 is 2.55 bits per heavy atom. The summed E-state index contributed by atoms with van der Waals surface area (Å²) in [6.07, 6.45) is 7.18. The first-order chi connectivity index (χ1) is 14.3. The van der Waals surface area contributed by atoms with Crippen molar-refractivity contribution in [1.82, 2.24) is 20.1 Å². The average molecular weight is 394 g/mol. The van der Waals surface area contributed by atoms with Gasteiger partial charge in [0.15, 0.2) is 5.96 Å². The molecule has 154 valence electrons. The molecule has 0 saturated carbocycles.